The van der Waals surface area contributed by atoms with Crippen LogP contribution in [0.2, 0.25) is 11.6 Å². The Kier molecular flexibility index (Phi) is 18.8. The molecular weight excluding hydrogens is 399 g/mol. The van der Waals surface area contributed by atoms with Crippen LogP contribution in [0.25, 0.3) is 0 Å². The normalized spacial score (nSPS) is 14.1. The lowest BCUT2D eigenvalue weighted by Crippen LogP contribution is -1.95. The Morgan fingerprint density at radius 3 is 1.00 bits per heavy atom. The predicted octanol–water partition coefficient (Wildman–Crippen LogP) is 10.9. The molecule has 0 saturated heterocycles. The molecule has 0 aliphatic heterocycles. The summed E-state index contributed by atoms with van der Waals surface area (Å²) in [6.07, 6.45) is 24.1. The van der Waals surface area contributed by atoms with Gasteiger partial charge in [0.1, 0.15) is 0 Å². The molecule has 0 heterocycles. The molecule has 0 fully saturated rings. The smallest absolute Gasteiger partial charge is 0.146 e. The van der Waals surface area contributed by atoms with Gasteiger partial charge in [-0.25, -0.2) is 0 Å². The highest BCUT2D eigenvalue weighted by atomic mass is 27.2. The summed E-state index contributed by atoms with van der Waals surface area (Å²) in [5.41, 5.74) is 9.16. The van der Waals surface area contributed by atoms with Crippen LogP contribution in [0.15, 0.2) is 68.8 Å². The Hall–Kier alpha value is -1.03. The van der Waals surface area contributed by atoms with Gasteiger partial charge in [-0.1, -0.05) is 63.8 Å². The van der Waals surface area contributed by atoms with Gasteiger partial charge in [0.25, 0.3) is 14.1 Å². The fraction of sp³-hybridized carbons (Fsp3) is 0.613. The summed E-state index contributed by atoms with van der Waals surface area (Å²) < 4.78 is 0. The third-order valence-electron chi connectivity index (χ3n) is 5.84. The minimum Gasteiger partial charge on any atom is -0.146 e. The molecule has 0 rings (SSSR count). The summed E-state index contributed by atoms with van der Waals surface area (Å²) in [6, 6.07) is 0. The molecular formula is C31H53Al. The summed E-state index contributed by atoms with van der Waals surface area (Å²) in [5.74, 6) is 4.79. The van der Waals surface area contributed by atoms with E-state index in [4.69, 9.17) is 0 Å². The molecule has 0 spiro atoms. The zero-order valence-corrected chi connectivity index (χ0v) is 24.3. The van der Waals surface area contributed by atoms with Crippen LogP contribution in [-0.4, -0.2) is 14.1 Å². The first-order chi connectivity index (χ1) is 15.1. The number of hydrogen-bond donors (Lipinski definition) is 0. The molecule has 0 amide bonds. The van der Waals surface area contributed by atoms with Crippen molar-refractivity contribution in [3.63, 3.8) is 0 Å². The van der Waals surface area contributed by atoms with E-state index >= 15 is 0 Å². The quantitative estimate of drug-likeness (QED) is 0.161. The van der Waals surface area contributed by atoms with Crippen molar-refractivity contribution in [2.45, 2.75) is 124 Å². The van der Waals surface area contributed by atoms with Crippen molar-refractivity contribution >= 4 is 14.1 Å². The van der Waals surface area contributed by atoms with Crippen LogP contribution in [0.5, 0.6) is 0 Å². The molecule has 0 nitrogen and oxygen atoms in total. The molecule has 0 unspecified atom stereocenters. The highest BCUT2D eigenvalue weighted by molar-refractivity contribution is 6.61. The van der Waals surface area contributed by atoms with Gasteiger partial charge in [-0.15, -0.1) is 16.5 Å². The summed E-state index contributed by atoms with van der Waals surface area (Å²) in [6.45, 7) is 15.8. The Morgan fingerprint density at radius 2 is 0.719 bits per heavy atom. The second-order valence-electron chi connectivity index (χ2n) is 10.4. The van der Waals surface area contributed by atoms with E-state index in [-0.39, 0.29) is 0 Å². The molecule has 0 bridgehead atoms. The minimum atomic E-state index is -0.558. The third kappa shape index (κ3) is 20.9. The Balaban J connectivity index is 4.12. The summed E-state index contributed by atoms with van der Waals surface area (Å²) >= 11 is -0.558. The van der Waals surface area contributed by atoms with Crippen LogP contribution >= 0.6 is 0 Å². The molecule has 0 saturated carbocycles. The van der Waals surface area contributed by atoms with Gasteiger partial charge >= 0.3 is 0 Å². The number of hydrogen-bond acceptors (Lipinski definition) is 0. The van der Waals surface area contributed by atoms with Gasteiger partial charge in [0.15, 0.2) is 0 Å². The second kappa shape index (κ2) is 19.4. The van der Waals surface area contributed by atoms with Crippen LogP contribution in [0.1, 0.15) is 113 Å². The number of rotatable bonds is 16. The standard InChI is InChI=1S/C29H47.2CH3.Al/c1-24(2)14-9-16-26(5)18-11-20-28(7)22-13-23-29(8)21-12-19-27(6)17-10-15-25(3)4;;;/h1,15-16,19-20,23H,9-14,17-18,21-22H2,2-8H3;2*1H3;/b24-1?,26-16+,27-19+,28-20+,29-23+;;;. The molecule has 0 atom stereocenters. The fourth-order valence-electron chi connectivity index (χ4n) is 3.83. The molecule has 180 valence electrons. The van der Waals surface area contributed by atoms with Crippen molar-refractivity contribution in [1.82, 2.24) is 0 Å². The maximum absolute atomic E-state index is 2.52. The molecule has 0 radical (unpaired) electrons. The van der Waals surface area contributed by atoms with Gasteiger partial charge in [-0.05, 0) is 113 Å². The van der Waals surface area contributed by atoms with Crippen LogP contribution in [0.4, 0.5) is 0 Å². The maximum atomic E-state index is 2.52. The van der Waals surface area contributed by atoms with Gasteiger partial charge in [-0.3, -0.25) is 0 Å². The van der Waals surface area contributed by atoms with Crippen LogP contribution in [-0.2, 0) is 0 Å². The fourth-order valence-corrected chi connectivity index (χ4v) is 5.14. The second-order valence-corrected chi connectivity index (χ2v) is 13.3. The third-order valence-corrected chi connectivity index (χ3v) is 7.07. The monoisotopic (exact) mass is 452 g/mol. The first-order valence-electron chi connectivity index (χ1n) is 13.0. The lowest BCUT2D eigenvalue weighted by Gasteiger charge is -2.04. The minimum absolute atomic E-state index is 0.558. The first-order valence-corrected chi connectivity index (χ1v) is 16.0. The maximum Gasteiger partial charge on any atom is 0.288 e. The average Bonchev–Trinajstić information content (AvgIpc) is 2.67. The van der Waals surface area contributed by atoms with Crippen LogP contribution in [0.3, 0.4) is 0 Å². The molecule has 0 N–H and O–H groups in total. The highest BCUT2D eigenvalue weighted by Gasteiger charge is 1.98. The Bertz CT molecular complexity index is 688. The molecule has 0 aromatic heterocycles. The van der Waals surface area contributed by atoms with E-state index in [9.17, 15) is 0 Å². The lowest BCUT2D eigenvalue weighted by atomic mass is 10.0. The van der Waals surface area contributed by atoms with Gasteiger partial charge < -0.3 is 0 Å². The van der Waals surface area contributed by atoms with E-state index in [0.717, 1.165) is 0 Å². The van der Waals surface area contributed by atoms with Gasteiger partial charge in [-0.2, -0.15) is 0 Å². The van der Waals surface area contributed by atoms with Crippen molar-refractivity contribution in [2.75, 3.05) is 0 Å². The predicted molar refractivity (Wildman–Crippen MR) is 152 cm³/mol. The van der Waals surface area contributed by atoms with Crippen molar-refractivity contribution in [1.29, 1.82) is 0 Å². The average molecular weight is 453 g/mol. The Labute approximate surface area is 206 Å². The van der Waals surface area contributed by atoms with Crippen molar-refractivity contribution < 1.29 is 0 Å². The topological polar surface area (TPSA) is 0 Å². The number of allylic oxidation sites excluding steroid dienone is 11. The Morgan fingerprint density at radius 1 is 0.438 bits per heavy atom. The van der Waals surface area contributed by atoms with E-state index < -0.39 is 14.1 Å². The molecule has 0 aromatic rings. The van der Waals surface area contributed by atoms with E-state index in [1.807, 2.05) is 0 Å². The van der Waals surface area contributed by atoms with E-state index in [2.05, 4.69) is 95.4 Å². The van der Waals surface area contributed by atoms with Crippen molar-refractivity contribution in [2.24, 2.45) is 0 Å². The van der Waals surface area contributed by atoms with Crippen molar-refractivity contribution in [3.05, 3.63) is 68.8 Å². The largest absolute Gasteiger partial charge is 0.288 e. The molecule has 0 aliphatic carbocycles. The summed E-state index contributed by atoms with van der Waals surface area (Å²) in [4.78, 5) is 2.52. The van der Waals surface area contributed by atoms with Crippen LogP contribution in [0, 0.1) is 0 Å². The molecule has 1 heteroatoms. The lowest BCUT2D eigenvalue weighted by molar-refractivity contribution is 0.887. The zero-order chi connectivity index (χ0) is 24.4. The summed E-state index contributed by atoms with van der Waals surface area (Å²) in [7, 11) is 0. The molecule has 0 aromatic carbocycles. The molecule has 0 aliphatic rings. The molecule has 32 heavy (non-hydrogen) atoms. The van der Waals surface area contributed by atoms with Gasteiger partial charge in [0.05, 0.1) is 0 Å². The van der Waals surface area contributed by atoms with Gasteiger partial charge in [0.2, 0.25) is 0 Å². The van der Waals surface area contributed by atoms with E-state index in [1.54, 1.807) is 11.1 Å². The van der Waals surface area contributed by atoms with E-state index in [1.165, 1.54) is 86.5 Å². The SMILES string of the molecule is CC(C)=CCC/C(C)=C/CC/C(C)=C/CC/C(C)=C/CC/C(C)=C/CC/C(C)=[CH]/[Al]([CH3])[CH3]. The summed E-state index contributed by atoms with van der Waals surface area (Å²) in [5, 5.41) is 0. The van der Waals surface area contributed by atoms with Crippen molar-refractivity contribution in [3.8, 4) is 0 Å². The van der Waals surface area contributed by atoms with Crippen LogP contribution < -0.4 is 0 Å². The van der Waals surface area contributed by atoms with Gasteiger partial charge in [0, 0.05) is 0 Å². The van der Waals surface area contributed by atoms with E-state index in [0.29, 0.717) is 0 Å². The first kappa shape index (κ1) is 31.0. The highest BCUT2D eigenvalue weighted by Crippen LogP contribution is 2.15. The zero-order valence-electron chi connectivity index (χ0n) is 23.1.